The maximum Gasteiger partial charge on any atom is 0.531 e. The molecule has 0 radical (unpaired) electrons. The molecule has 0 aliphatic carbocycles. The molecule has 0 aromatic rings. The van der Waals surface area contributed by atoms with Gasteiger partial charge in [0.25, 0.3) is 0 Å². The SMILES string of the molecule is CCCCC(OC(C)C(N)C(C)OC(CCCC)[Si](OCC)(OCC)OCC)[Si](OCC)(OCC)OCC. The van der Waals surface area contributed by atoms with Gasteiger partial charge in [-0.05, 0) is 68.2 Å². The van der Waals surface area contributed by atoms with Crippen molar-refractivity contribution in [2.75, 3.05) is 39.6 Å². The molecule has 0 fully saturated rings. The quantitative estimate of drug-likeness (QED) is 0.134. The second-order valence-corrected chi connectivity index (χ2v) is 14.8. The van der Waals surface area contributed by atoms with Gasteiger partial charge in [0.15, 0.2) is 0 Å². The van der Waals surface area contributed by atoms with Crippen molar-refractivity contribution < 1.29 is 36.0 Å². The first-order valence-corrected chi connectivity index (χ1v) is 18.7. The van der Waals surface area contributed by atoms with E-state index in [2.05, 4.69) is 13.8 Å². The first-order valence-electron chi connectivity index (χ1n) is 15.1. The van der Waals surface area contributed by atoms with Gasteiger partial charge in [0.2, 0.25) is 0 Å². The minimum absolute atomic E-state index is 0.310. The van der Waals surface area contributed by atoms with Crippen molar-refractivity contribution in [3.63, 3.8) is 0 Å². The predicted octanol–water partition coefficient (Wildman–Crippen LogP) is 5.42. The van der Waals surface area contributed by atoms with Gasteiger partial charge in [0, 0.05) is 39.6 Å². The summed E-state index contributed by atoms with van der Waals surface area (Å²) in [7, 11) is -6.18. The molecule has 9 nitrogen and oxygen atoms in total. The Morgan fingerprint density at radius 1 is 0.500 bits per heavy atom. The molecular weight excluding hydrogens is 522 g/mol. The van der Waals surface area contributed by atoms with Crippen molar-refractivity contribution in [2.24, 2.45) is 5.73 Å². The Hall–Kier alpha value is 0.0738. The molecule has 0 aliphatic rings. The third kappa shape index (κ3) is 12.3. The zero-order valence-corrected chi connectivity index (χ0v) is 28.2. The van der Waals surface area contributed by atoms with Crippen LogP contribution in [0, 0.1) is 0 Å². The zero-order valence-electron chi connectivity index (χ0n) is 26.2. The minimum Gasteiger partial charge on any atom is -0.372 e. The molecule has 230 valence electrons. The van der Waals surface area contributed by atoms with Crippen molar-refractivity contribution >= 4 is 17.6 Å². The molecule has 0 spiro atoms. The number of ether oxygens (including phenoxy) is 2. The summed E-state index contributed by atoms with van der Waals surface area (Å²) in [5.41, 5.74) is 6.16. The lowest BCUT2D eigenvalue weighted by atomic mass is 10.1. The van der Waals surface area contributed by atoms with Gasteiger partial charge in [-0.1, -0.05) is 39.5 Å². The van der Waals surface area contributed by atoms with Crippen LogP contribution in [0.2, 0.25) is 0 Å². The zero-order chi connectivity index (χ0) is 29.0. The lowest BCUT2D eigenvalue weighted by molar-refractivity contribution is -0.0870. The van der Waals surface area contributed by atoms with Gasteiger partial charge in [-0.15, -0.1) is 0 Å². The van der Waals surface area contributed by atoms with Crippen LogP contribution in [0.4, 0.5) is 0 Å². The standard InChI is InChI=1S/C27H61NO8Si2/c1-11-19-21-25(37(29-13-3,30-14-4)31-15-5)35-23(9)27(28)24(10)36-26(22-20-12-2)38(32-16-6,33-17-7)34-18-8/h23-27H,11-22,28H2,1-10H3. The van der Waals surface area contributed by atoms with E-state index in [-0.39, 0.29) is 23.7 Å². The fraction of sp³-hybridized carbons (Fsp3) is 1.00. The first-order chi connectivity index (χ1) is 18.2. The molecular formula is C27H61NO8Si2. The summed E-state index contributed by atoms with van der Waals surface area (Å²) in [4.78, 5) is 0. The Balaban J connectivity index is 5.92. The molecule has 0 aliphatic heterocycles. The fourth-order valence-corrected chi connectivity index (χ4v) is 10.4. The van der Waals surface area contributed by atoms with Crippen LogP contribution in [-0.4, -0.2) is 87.0 Å². The van der Waals surface area contributed by atoms with Crippen LogP contribution in [0.15, 0.2) is 0 Å². The van der Waals surface area contributed by atoms with E-state index in [9.17, 15) is 0 Å². The number of hydrogen-bond donors (Lipinski definition) is 1. The second-order valence-electron chi connectivity index (χ2n) is 9.33. The third-order valence-corrected chi connectivity index (χ3v) is 12.9. The molecule has 2 N–H and O–H groups in total. The van der Waals surface area contributed by atoms with Crippen molar-refractivity contribution in [3.05, 3.63) is 0 Å². The lowest BCUT2D eigenvalue weighted by Gasteiger charge is -2.40. The summed E-state index contributed by atoms with van der Waals surface area (Å²) in [5, 5.41) is 0. The largest absolute Gasteiger partial charge is 0.531 e. The molecule has 0 saturated heterocycles. The summed E-state index contributed by atoms with van der Waals surface area (Å²) >= 11 is 0. The van der Waals surface area contributed by atoms with Crippen molar-refractivity contribution in [2.45, 2.75) is 137 Å². The third-order valence-electron chi connectivity index (χ3n) is 6.34. The monoisotopic (exact) mass is 583 g/mol. The van der Waals surface area contributed by atoms with Crippen molar-refractivity contribution in [3.8, 4) is 0 Å². The van der Waals surface area contributed by atoms with Gasteiger partial charge in [-0.3, -0.25) is 0 Å². The Morgan fingerprint density at radius 3 is 0.974 bits per heavy atom. The summed E-state index contributed by atoms with van der Waals surface area (Å²) in [6.07, 6.45) is 4.94. The van der Waals surface area contributed by atoms with Crippen LogP contribution in [-0.2, 0) is 36.0 Å². The molecule has 0 rings (SSSR count). The average molecular weight is 584 g/mol. The lowest BCUT2D eigenvalue weighted by Crippen LogP contribution is -2.61. The predicted molar refractivity (Wildman–Crippen MR) is 157 cm³/mol. The highest BCUT2D eigenvalue weighted by atomic mass is 28.4. The molecule has 0 bridgehead atoms. The number of rotatable bonds is 26. The molecule has 0 heterocycles. The number of hydrogen-bond acceptors (Lipinski definition) is 9. The van der Waals surface area contributed by atoms with E-state index in [1.54, 1.807) is 0 Å². The average Bonchev–Trinajstić information content (AvgIpc) is 2.88. The highest BCUT2D eigenvalue weighted by Crippen LogP contribution is 2.27. The van der Waals surface area contributed by atoms with Gasteiger partial charge < -0.3 is 41.8 Å². The van der Waals surface area contributed by atoms with Crippen molar-refractivity contribution in [1.82, 2.24) is 0 Å². The molecule has 4 unspecified atom stereocenters. The van der Waals surface area contributed by atoms with E-state index >= 15 is 0 Å². The maximum atomic E-state index is 6.78. The van der Waals surface area contributed by atoms with Gasteiger partial charge in [-0.25, -0.2) is 0 Å². The van der Waals surface area contributed by atoms with Crippen LogP contribution in [0.3, 0.4) is 0 Å². The summed E-state index contributed by atoms with van der Waals surface area (Å²) < 4.78 is 50.5. The van der Waals surface area contributed by atoms with E-state index in [4.69, 9.17) is 41.8 Å². The minimum atomic E-state index is -3.09. The normalized spacial score (nSPS) is 16.8. The first kappa shape index (κ1) is 38.1. The van der Waals surface area contributed by atoms with Gasteiger partial charge in [0.05, 0.1) is 18.2 Å². The maximum absolute atomic E-state index is 6.78. The van der Waals surface area contributed by atoms with E-state index < -0.39 is 23.7 Å². The van der Waals surface area contributed by atoms with Crippen LogP contribution in [0.25, 0.3) is 0 Å². The van der Waals surface area contributed by atoms with E-state index in [0.29, 0.717) is 39.6 Å². The van der Waals surface area contributed by atoms with Crippen LogP contribution < -0.4 is 5.73 Å². The van der Waals surface area contributed by atoms with Crippen LogP contribution >= 0.6 is 0 Å². The molecule has 0 aromatic heterocycles. The Labute approximate surface area is 236 Å². The van der Waals surface area contributed by atoms with E-state index in [0.717, 1.165) is 38.5 Å². The van der Waals surface area contributed by atoms with Crippen molar-refractivity contribution in [1.29, 1.82) is 0 Å². The number of nitrogens with two attached hydrogens (primary N) is 1. The highest BCUT2D eigenvalue weighted by molar-refractivity contribution is 6.62. The van der Waals surface area contributed by atoms with E-state index in [1.807, 2.05) is 55.4 Å². The van der Waals surface area contributed by atoms with Crippen LogP contribution in [0.5, 0.6) is 0 Å². The summed E-state index contributed by atoms with van der Waals surface area (Å²) in [5.74, 6) is 0. The molecule has 11 heteroatoms. The smallest absolute Gasteiger partial charge is 0.372 e. The van der Waals surface area contributed by atoms with Gasteiger partial charge in [-0.2, -0.15) is 0 Å². The van der Waals surface area contributed by atoms with Crippen LogP contribution in [0.1, 0.15) is 108 Å². The Kier molecular flexibility index (Phi) is 21.8. The van der Waals surface area contributed by atoms with Gasteiger partial charge in [0.1, 0.15) is 11.5 Å². The topological polar surface area (TPSA) is 99.9 Å². The highest BCUT2D eigenvalue weighted by Gasteiger charge is 2.53. The summed E-state index contributed by atoms with van der Waals surface area (Å²) in [6, 6.07) is -0.406. The molecule has 38 heavy (non-hydrogen) atoms. The number of unbranched alkanes of at least 4 members (excludes halogenated alkanes) is 2. The molecule has 4 atom stereocenters. The molecule has 0 saturated carbocycles. The fourth-order valence-electron chi connectivity index (χ4n) is 4.53. The molecule has 0 amide bonds. The summed E-state index contributed by atoms with van der Waals surface area (Å²) in [6.45, 7) is 23.1. The van der Waals surface area contributed by atoms with E-state index in [1.165, 1.54) is 0 Å². The van der Waals surface area contributed by atoms with Gasteiger partial charge >= 0.3 is 17.6 Å². The molecule has 0 aromatic carbocycles. The Morgan fingerprint density at radius 2 is 0.763 bits per heavy atom. The Bertz CT molecular complexity index is 483. The second kappa shape index (κ2) is 21.8.